The van der Waals surface area contributed by atoms with Gasteiger partial charge in [-0.25, -0.2) is 0 Å². The number of amides is 1. The number of rotatable bonds is 3. The molecule has 0 aromatic carbocycles. The standard InChI is InChI=1S/C15H25N3O/c19-14(13-9-15(13)4-6-16-7-5-15)17-11-3-8-18(10-11)12-1-2-12/h11-13,16H,1-10H2,(H,17,19). The van der Waals surface area contributed by atoms with Crippen LogP contribution >= 0.6 is 0 Å². The van der Waals surface area contributed by atoms with Crippen molar-refractivity contribution in [3.8, 4) is 0 Å². The average Bonchev–Trinajstić information content (AvgIpc) is 3.33. The summed E-state index contributed by atoms with van der Waals surface area (Å²) in [5.74, 6) is 0.675. The van der Waals surface area contributed by atoms with Gasteiger partial charge in [0.05, 0.1) is 0 Å². The second-order valence-electron chi connectivity index (χ2n) is 7.09. The van der Waals surface area contributed by atoms with Crippen molar-refractivity contribution in [2.75, 3.05) is 26.2 Å². The van der Waals surface area contributed by atoms with Gasteiger partial charge < -0.3 is 10.6 Å². The highest BCUT2D eigenvalue weighted by Crippen LogP contribution is 2.58. The molecule has 2 N–H and O–H groups in total. The largest absolute Gasteiger partial charge is 0.352 e. The number of nitrogens with zero attached hydrogens (tertiary/aromatic N) is 1. The molecule has 2 aliphatic carbocycles. The first-order chi connectivity index (χ1) is 9.27. The number of nitrogens with one attached hydrogen (secondary N) is 2. The van der Waals surface area contributed by atoms with Crippen molar-refractivity contribution in [1.29, 1.82) is 0 Å². The van der Waals surface area contributed by atoms with Gasteiger partial charge in [-0.1, -0.05) is 0 Å². The van der Waals surface area contributed by atoms with Crippen LogP contribution in [0.5, 0.6) is 0 Å². The van der Waals surface area contributed by atoms with Crippen LogP contribution in [0.25, 0.3) is 0 Å². The van der Waals surface area contributed by atoms with Crippen LogP contribution in [-0.2, 0) is 4.79 Å². The van der Waals surface area contributed by atoms with Gasteiger partial charge in [0.1, 0.15) is 0 Å². The third kappa shape index (κ3) is 2.29. The number of piperidine rings is 1. The lowest BCUT2D eigenvalue weighted by Crippen LogP contribution is -2.40. The van der Waals surface area contributed by atoms with E-state index < -0.39 is 0 Å². The van der Waals surface area contributed by atoms with Crippen LogP contribution < -0.4 is 10.6 Å². The normalized spacial score (nSPS) is 37.5. The van der Waals surface area contributed by atoms with E-state index in [4.69, 9.17) is 0 Å². The maximum absolute atomic E-state index is 12.4. The topological polar surface area (TPSA) is 44.4 Å². The molecule has 2 saturated heterocycles. The Morgan fingerprint density at radius 1 is 1.21 bits per heavy atom. The van der Waals surface area contributed by atoms with Crippen molar-refractivity contribution in [1.82, 2.24) is 15.5 Å². The van der Waals surface area contributed by atoms with Crippen molar-refractivity contribution < 1.29 is 4.79 Å². The smallest absolute Gasteiger partial charge is 0.223 e. The number of hydrogen-bond acceptors (Lipinski definition) is 3. The number of likely N-dealkylation sites (tertiary alicyclic amines) is 1. The maximum Gasteiger partial charge on any atom is 0.223 e. The van der Waals surface area contributed by atoms with E-state index in [2.05, 4.69) is 15.5 Å². The van der Waals surface area contributed by atoms with Crippen molar-refractivity contribution in [3.05, 3.63) is 0 Å². The van der Waals surface area contributed by atoms with E-state index in [1.807, 2.05) is 0 Å². The van der Waals surface area contributed by atoms with Gasteiger partial charge >= 0.3 is 0 Å². The van der Waals surface area contributed by atoms with E-state index in [0.717, 1.165) is 38.5 Å². The minimum Gasteiger partial charge on any atom is -0.352 e. The summed E-state index contributed by atoms with van der Waals surface area (Å²) in [5.41, 5.74) is 0.379. The van der Waals surface area contributed by atoms with Crippen molar-refractivity contribution in [2.24, 2.45) is 11.3 Å². The zero-order valence-electron chi connectivity index (χ0n) is 11.7. The van der Waals surface area contributed by atoms with Gasteiger partial charge in [0.2, 0.25) is 5.91 Å². The van der Waals surface area contributed by atoms with Crippen LogP contribution in [0.15, 0.2) is 0 Å². The molecular weight excluding hydrogens is 238 g/mol. The summed E-state index contributed by atoms with van der Waals surface area (Å²) in [4.78, 5) is 14.9. The molecule has 106 valence electrons. The van der Waals surface area contributed by atoms with Gasteiger partial charge in [0.25, 0.3) is 0 Å². The molecule has 0 aromatic heterocycles. The first-order valence-corrected chi connectivity index (χ1v) is 8.02. The fourth-order valence-electron chi connectivity index (χ4n) is 4.17. The molecule has 2 unspecified atom stereocenters. The number of carbonyl (C=O) groups is 1. The molecule has 19 heavy (non-hydrogen) atoms. The molecule has 1 amide bonds. The predicted molar refractivity (Wildman–Crippen MR) is 73.8 cm³/mol. The molecule has 4 heteroatoms. The lowest BCUT2D eigenvalue weighted by Gasteiger charge is -2.23. The Kier molecular flexibility index (Phi) is 2.85. The maximum atomic E-state index is 12.4. The summed E-state index contributed by atoms with van der Waals surface area (Å²) in [6.07, 6.45) is 7.44. The van der Waals surface area contributed by atoms with E-state index in [1.165, 1.54) is 32.2 Å². The highest BCUT2D eigenvalue weighted by Gasteiger charge is 2.57. The van der Waals surface area contributed by atoms with E-state index >= 15 is 0 Å². The van der Waals surface area contributed by atoms with Crippen LogP contribution in [0.2, 0.25) is 0 Å². The zero-order valence-corrected chi connectivity index (χ0v) is 11.7. The van der Waals surface area contributed by atoms with Crippen LogP contribution in [0.1, 0.15) is 38.5 Å². The number of carbonyl (C=O) groups excluding carboxylic acids is 1. The Morgan fingerprint density at radius 2 is 2.00 bits per heavy atom. The summed E-state index contributed by atoms with van der Waals surface area (Å²) in [5, 5.41) is 6.72. The first-order valence-electron chi connectivity index (χ1n) is 8.02. The Bertz CT molecular complexity index is 374. The molecule has 4 fully saturated rings. The molecule has 0 bridgehead atoms. The van der Waals surface area contributed by atoms with Gasteiger partial charge in [0.15, 0.2) is 0 Å². The van der Waals surface area contributed by atoms with Gasteiger partial charge in [-0.05, 0) is 57.0 Å². The molecule has 0 radical (unpaired) electrons. The molecule has 4 nitrogen and oxygen atoms in total. The molecule has 2 heterocycles. The van der Waals surface area contributed by atoms with E-state index in [-0.39, 0.29) is 0 Å². The lowest BCUT2D eigenvalue weighted by atomic mass is 9.91. The first kappa shape index (κ1) is 12.2. The van der Waals surface area contributed by atoms with Crippen molar-refractivity contribution in [2.45, 2.75) is 50.6 Å². The molecule has 4 aliphatic rings. The highest BCUT2D eigenvalue weighted by atomic mass is 16.2. The highest BCUT2D eigenvalue weighted by molar-refractivity contribution is 5.83. The van der Waals surface area contributed by atoms with E-state index in [0.29, 0.717) is 23.3 Å². The molecule has 2 atom stereocenters. The fraction of sp³-hybridized carbons (Fsp3) is 0.933. The van der Waals surface area contributed by atoms with Gasteiger partial charge in [-0.2, -0.15) is 0 Å². The molecule has 2 saturated carbocycles. The monoisotopic (exact) mass is 263 g/mol. The average molecular weight is 263 g/mol. The lowest BCUT2D eigenvalue weighted by molar-refractivity contribution is -0.123. The predicted octanol–water partition coefficient (Wildman–Crippen LogP) is 0.729. The SMILES string of the molecule is O=C(NC1CCN(C2CC2)C1)C1CC12CCNCC2. The minimum atomic E-state index is 0.324. The van der Waals surface area contributed by atoms with Gasteiger partial charge in [-0.3, -0.25) is 9.69 Å². The zero-order chi connectivity index (χ0) is 12.9. The van der Waals surface area contributed by atoms with E-state index in [9.17, 15) is 4.79 Å². The van der Waals surface area contributed by atoms with Crippen LogP contribution in [-0.4, -0.2) is 49.1 Å². The molecule has 4 rings (SSSR count). The van der Waals surface area contributed by atoms with Gasteiger partial charge in [0, 0.05) is 31.1 Å². The summed E-state index contributed by atoms with van der Waals surface area (Å²) in [6, 6.07) is 1.27. The summed E-state index contributed by atoms with van der Waals surface area (Å²) < 4.78 is 0. The third-order valence-corrected chi connectivity index (χ3v) is 5.73. The Labute approximate surface area is 115 Å². The molecule has 2 aliphatic heterocycles. The second kappa shape index (κ2) is 4.45. The van der Waals surface area contributed by atoms with Crippen LogP contribution in [0, 0.1) is 11.3 Å². The van der Waals surface area contributed by atoms with Gasteiger partial charge in [-0.15, -0.1) is 0 Å². The summed E-state index contributed by atoms with van der Waals surface area (Å²) in [7, 11) is 0. The number of hydrogen-bond donors (Lipinski definition) is 2. The van der Waals surface area contributed by atoms with Crippen LogP contribution in [0.3, 0.4) is 0 Å². The third-order valence-electron chi connectivity index (χ3n) is 5.73. The Balaban J connectivity index is 1.28. The second-order valence-corrected chi connectivity index (χ2v) is 7.09. The van der Waals surface area contributed by atoms with Crippen LogP contribution in [0.4, 0.5) is 0 Å². The minimum absolute atomic E-state index is 0.324. The van der Waals surface area contributed by atoms with Crippen molar-refractivity contribution in [3.63, 3.8) is 0 Å². The van der Waals surface area contributed by atoms with E-state index in [1.54, 1.807) is 0 Å². The Morgan fingerprint density at radius 3 is 2.74 bits per heavy atom. The summed E-state index contributed by atoms with van der Waals surface area (Å²) >= 11 is 0. The quantitative estimate of drug-likeness (QED) is 0.789. The molecule has 1 spiro atoms. The molecule has 0 aromatic rings. The van der Waals surface area contributed by atoms with Crippen molar-refractivity contribution >= 4 is 5.91 Å². The molecular formula is C15H25N3O. The summed E-state index contributed by atoms with van der Waals surface area (Å²) in [6.45, 7) is 4.48. The fourth-order valence-corrected chi connectivity index (χ4v) is 4.17. The Hall–Kier alpha value is -0.610.